The van der Waals surface area contributed by atoms with Crippen molar-refractivity contribution >= 4 is 11.6 Å². The largest absolute Gasteiger partial charge is 0.493 e. The molecule has 106 valence electrons. The number of carbonyl (C=O) groups excluding carboxylic acids is 1. The van der Waals surface area contributed by atoms with E-state index >= 15 is 0 Å². The van der Waals surface area contributed by atoms with Crippen molar-refractivity contribution in [3.05, 3.63) is 24.3 Å². The lowest BCUT2D eigenvalue weighted by molar-refractivity contribution is -0.122. The number of nitrogen functional groups attached to an aromatic ring is 1. The number of hydrogen-bond acceptors (Lipinski definition) is 4. The molecular weight excluding hydrogens is 242 g/mol. The van der Waals surface area contributed by atoms with Crippen LogP contribution in [0.15, 0.2) is 24.3 Å². The molecule has 0 radical (unpaired) electrons. The summed E-state index contributed by atoms with van der Waals surface area (Å²) in [7, 11) is 3.96. The third kappa shape index (κ3) is 6.67. The second kappa shape index (κ2) is 7.63. The van der Waals surface area contributed by atoms with Crippen LogP contribution in [0, 0.1) is 0 Å². The van der Waals surface area contributed by atoms with Crippen LogP contribution in [-0.4, -0.2) is 44.1 Å². The molecule has 1 aromatic rings. The Morgan fingerprint density at radius 3 is 2.58 bits per heavy atom. The monoisotopic (exact) mass is 265 g/mol. The Morgan fingerprint density at radius 2 is 2.00 bits per heavy atom. The molecule has 19 heavy (non-hydrogen) atoms. The minimum atomic E-state index is 0.00444. The first-order chi connectivity index (χ1) is 8.97. The highest BCUT2D eigenvalue weighted by atomic mass is 16.5. The van der Waals surface area contributed by atoms with Crippen LogP contribution in [0.2, 0.25) is 0 Å². The van der Waals surface area contributed by atoms with Crippen molar-refractivity contribution < 1.29 is 9.53 Å². The minimum absolute atomic E-state index is 0.00444. The lowest BCUT2D eigenvalue weighted by atomic mass is 10.3. The van der Waals surface area contributed by atoms with Crippen molar-refractivity contribution in [3.8, 4) is 5.75 Å². The molecule has 0 fully saturated rings. The third-order valence-electron chi connectivity index (χ3n) is 2.52. The fourth-order valence-corrected chi connectivity index (χ4v) is 1.77. The molecule has 0 saturated carbocycles. The first kappa shape index (κ1) is 15.3. The van der Waals surface area contributed by atoms with Crippen LogP contribution >= 0.6 is 0 Å². The maximum absolute atomic E-state index is 11.6. The number of amides is 1. The number of nitrogens with one attached hydrogen (secondary N) is 1. The highest BCUT2D eigenvalue weighted by Crippen LogP contribution is 2.13. The van der Waals surface area contributed by atoms with E-state index in [1.54, 1.807) is 24.3 Å². The number of rotatable bonds is 7. The van der Waals surface area contributed by atoms with E-state index < -0.39 is 0 Å². The number of nitrogens with zero attached hydrogens (tertiary/aromatic N) is 1. The van der Waals surface area contributed by atoms with Gasteiger partial charge in [-0.2, -0.15) is 0 Å². The van der Waals surface area contributed by atoms with Crippen LogP contribution in [0.3, 0.4) is 0 Å². The molecule has 0 aliphatic heterocycles. The summed E-state index contributed by atoms with van der Waals surface area (Å²) in [5, 5.41) is 2.93. The van der Waals surface area contributed by atoms with Crippen molar-refractivity contribution in [3.63, 3.8) is 0 Å². The topological polar surface area (TPSA) is 67.6 Å². The van der Waals surface area contributed by atoms with Gasteiger partial charge in [0.15, 0.2) is 0 Å². The van der Waals surface area contributed by atoms with E-state index in [2.05, 4.69) is 5.32 Å². The van der Waals surface area contributed by atoms with Crippen LogP contribution in [0.1, 0.15) is 13.3 Å². The number of benzene rings is 1. The zero-order valence-corrected chi connectivity index (χ0v) is 11.8. The standard InChI is InChI=1S/C14H23N3O2/c1-11(10-17(2)3)16-14(18)8-9-19-13-6-4-12(15)5-7-13/h4-7,11H,8-10,15H2,1-3H3,(H,16,18). The summed E-state index contributed by atoms with van der Waals surface area (Å²) in [4.78, 5) is 13.7. The minimum Gasteiger partial charge on any atom is -0.493 e. The van der Waals surface area contributed by atoms with Gasteiger partial charge in [-0.3, -0.25) is 4.79 Å². The molecular formula is C14H23N3O2. The highest BCUT2D eigenvalue weighted by Gasteiger charge is 2.08. The van der Waals surface area contributed by atoms with Crippen molar-refractivity contribution in [2.24, 2.45) is 0 Å². The van der Waals surface area contributed by atoms with Gasteiger partial charge in [0.2, 0.25) is 5.91 Å². The van der Waals surface area contributed by atoms with Gasteiger partial charge in [0.25, 0.3) is 0 Å². The molecule has 5 nitrogen and oxygen atoms in total. The number of hydrogen-bond donors (Lipinski definition) is 2. The van der Waals surface area contributed by atoms with E-state index in [0.29, 0.717) is 18.7 Å². The Morgan fingerprint density at radius 1 is 1.37 bits per heavy atom. The Balaban J connectivity index is 2.21. The van der Waals surface area contributed by atoms with Gasteiger partial charge < -0.3 is 20.7 Å². The zero-order valence-electron chi connectivity index (χ0n) is 11.8. The van der Waals surface area contributed by atoms with Crippen molar-refractivity contribution in [1.29, 1.82) is 0 Å². The quantitative estimate of drug-likeness (QED) is 0.725. The van der Waals surface area contributed by atoms with Crippen molar-refractivity contribution in [2.45, 2.75) is 19.4 Å². The Bertz CT molecular complexity index is 390. The molecule has 1 atom stereocenters. The molecule has 0 aromatic heterocycles. The maximum atomic E-state index is 11.6. The van der Waals surface area contributed by atoms with E-state index in [9.17, 15) is 4.79 Å². The number of anilines is 1. The van der Waals surface area contributed by atoms with Gasteiger partial charge in [0.1, 0.15) is 5.75 Å². The zero-order chi connectivity index (χ0) is 14.3. The number of likely N-dealkylation sites (N-methyl/N-ethyl adjacent to an activating group) is 1. The summed E-state index contributed by atoms with van der Waals surface area (Å²) in [6.45, 7) is 3.17. The summed E-state index contributed by atoms with van der Waals surface area (Å²) in [5.74, 6) is 0.730. The summed E-state index contributed by atoms with van der Waals surface area (Å²) in [6.07, 6.45) is 0.349. The number of carbonyl (C=O) groups is 1. The first-order valence-corrected chi connectivity index (χ1v) is 6.40. The summed E-state index contributed by atoms with van der Waals surface area (Å²) < 4.78 is 5.47. The lowest BCUT2D eigenvalue weighted by Gasteiger charge is -2.18. The van der Waals surface area contributed by atoms with E-state index in [0.717, 1.165) is 12.3 Å². The molecule has 3 N–H and O–H groups in total. The fourth-order valence-electron chi connectivity index (χ4n) is 1.77. The molecule has 0 aliphatic carbocycles. The average Bonchev–Trinajstić information content (AvgIpc) is 2.30. The molecule has 0 bridgehead atoms. The molecule has 0 saturated heterocycles. The molecule has 1 unspecified atom stereocenters. The van der Waals surface area contributed by atoms with E-state index in [1.165, 1.54) is 0 Å². The molecule has 1 aromatic carbocycles. The molecule has 0 aliphatic rings. The predicted molar refractivity (Wildman–Crippen MR) is 77.1 cm³/mol. The third-order valence-corrected chi connectivity index (χ3v) is 2.52. The number of ether oxygens (including phenoxy) is 1. The van der Waals surface area contributed by atoms with Crippen molar-refractivity contribution in [1.82, 2.24) is 10.2 Å². The van der Waals surface area contributed by atoms with Gasteiger partial charge >= 0.3 is 0 Å². The Labute approximate surface area is 114 Å². The molecule has 1 amide bonds. The Hall–Kier alpha value is -1.75. The van der Waals surface area contributed by atoms with Gasteiger partial charge in [0, 0.05) is 18.3 Å². The fraction of sp³-hybridized carbons (Fsp3) is 0.500. The summed E-state index contributed by atoms with van der Waals surface area (Å²) in [6, 6.07) is 7.27. The van der Waals surface area contributed by atoms with Gasteiger partial charge in [-0.25, -0.2) is 0 Å². The van der Waals surface area contributed by atoms with E-state index in [4.69, 9.17) is 10.5 Å². The van der Waals surface area contributed by atoms with Gasteiger partial charge in [-0.1, -0.05) is 0 Å². The summed E-state index contributed by atoms with van der Waals surface area (Å²) in [5.41, 5.74) is 6.27. The average molecular weight is 265 g/mol. The normalized spacial score (nSPS) is 12.2. The molecule has 5 heteroatoms. The van der Waals surface area contributed by atoms with Crippen LogP contribution < -0.4 is 15.8 Å². The van der Waals surface area contributed by atoms with Crippen LogP contribution in [0.4, 0.5) is 5.69 Å². The van der Waals surface area contributed by atoms with Gasteiger partial charge in [0.05, 0.1) is 13.0 Å². The maximum Gasteiger partial charge on any atom is 0.223 e. The van der Waals surface area contributed by atoms with Crippen LogP contribution in [0.5, 0.6) is 5.75 Å². The molecule has 1 rings (SSSR count). The summed E-state index contributed by atoms with van der Waals surface area (Å²) >= 11 is 0. The van der Waals surface area contributed by atoms with Crippen molar-refractivity contribution in [2.75, 3.05) is 33.0 Å². The Kier molecular flexibility index (Phi) is 6.15. The van der Waals surface area contributed by atoms with E-state index in [-0.39, 0.29) is 11.9 Å². The predicted octanol–water partition coefficient (Wildman–Crippen LogP) is 1.10. The van der Waals surface area contributed by atoms with E-state index in [1.807, 2.05) is 25.9 Å². The second-order valence-electron chi connectivity index (χ2n) is 4.90. The SMILES string of the molecule is CC(CN(C)C)NC(=O)CCOc1ccc(N)cc1. The molecule has 0 heterocycles. The number of nitrogens with two attached hydrogens (primary N) is 1. The molecule has 0 spiro atoms. The van der Waals surface area contributed by atoms with Gasteiger partial charge in [-0.05, 0) is 45.3 Å². The second-order valence-corrected chi connectivity index (χ2v) is 4.90. The smallest absolute Gasteiger partial charge is 0.223 e. The van der Waals surface area contributed by atoms with Crippen LogP contribution in [0.25, 0.3) is 0 Å². The lowest BCUT2D eigenvalue weighted by Crippen LogP contribution is -2.39. The van der Waals surface area contributed by atoms with Crippen LogP contribution in [-0.2, 0) is 4.79 Å². The first-order valence-electron chi connectivity index (χ1n) is 6.40. The van der Waals surface area contributed by atoms with Gasteiger partial charge in [-0.15, -0.1) is 0 Å². The highest BCUT2D eigenvalue weighted by molar-refractivity contribution is 5.76.